The van der Waals surface area contributed by atoms with Gasteiger partial charge in [-0.15, -0.1) is 12.1 Å². The van der Waals surface area contributed by atoms with Crippen molar-refractivity contribution in [2.24, 2.45) is 0 Å². The molecule has 0 spiro atoms. The molecule has 0 aromatic carbocycles. The van der Waals surface area contributed by atoms with Crippen LogP contribution in [-0.4, -0.2) is 56.4 Å². The number of aliphatic carboxylic acids is 4. The van der Waals surface area contributed by atoms with Crippen molar-refractivity contribution in [1.82, 2.24) is 0 Å². The summed E-state index contributed by atoms with van der Waals surface area (Å²) in [6.45, 7) is 7.33. The van der Waals surface area contributed by atoms with Gasteiger partial charge >= 0.3 is 59.2 Å². The molecule has 0 unspecified atom stereocenters. The molecule has 6 N–H and O–H groups in total. The van der Waals surface area contributed by atoms with Crippen LogP contribution in [0.4, 0.5) is 0 Å². The van der Waals surface area contributed by atoms with E-state index in [0.717, 1.165) is 0 Å². The Labute approximate surface area is 175 Å². The van der Waals surface area contributed by atoms with Crippen LogP contribution in [0.25, 0.3) is 11.5 Å². The molecule has 0 bridgehead atoms. The van der Waals surface area contributed by atoms with Crippen LogP contribution in [-0.2, 0) is 35.7 Å². The van der Waals surface area contributed by atoms with Gasteiger partial charge in [0.2, 0.25) is 0 Å². The molecule has 0 saturated heterocycles. The van der Waals surface area contributed by atoms with Crippen molar-refractivity contribution in [3.8, 4) is 0 Å². The van der Waals surface area contributed by atoms with E-state index in [4.69, 9.17) is 50.7 Å². The summed E-state index contributed by atoms with van der Waals surface area (Å²) in [6, 6.07) is 0.167. The number of nitrogens with one attached hydrogen (secondary N) is 2. The maximum absolute atomic E-state index is 9.64. The molecule has 0 rings (SSSR count). The Balaban J connectivity index is -0.0000000793. The third-order valence-corrected chi connectivity index (χ3v) is 1.11. The third-order valence-electron chi connectivity index (χ3n) is 1.11. The number of carbonyl (C=O) groups is 4. The fourth-order valence-electron chi connectivity index (χ4n) is 0.428. The molecule has 0 aliphatic rings. The van der Waals surface area contributed by atoms with Gasteiger partial charge in [-0.2, -0.15) is 0 Å². The zero-order valence-corrected chi connectivity index (χ0v) is 19.3. The summed E-state index contributed by atoms with van der Waals surface area (Å²) in [5.74, 6) is -4.31. The van der Waals surface area contributed by atoms with Crippen LogP contribution in [0.2, 0.25) is 0 Å². The monoisotopic (exact) mass is 617 g/mol. The maximum atomic E-state index is 9.64. The van der Waals surface area contributed by atoms with E-state index >= 15 is 0 Å². The number of hydrogen-bond acceptors (Lipinski definition) is 4. The molecule has 0 aromatic heterocycles. The van der Waals surface area contributed by atoms with Gasteiger partial charge in [0.25, 0.3) is 0 Å². The molecular weight excluding hydrogens is 590 g/mol. The average Bonchev–Trinajstić information content (AvgIpc) is 2.43. The van der Waals surface area contributed by atoms with Gasteiger partial charge in [0.05, 0.1) is 25.7 Å². The molecule has 0 amide bonds. The Bertz CT molecular complexity index is 319. The van der Waals surface area contributed by atoms with Crippen molar-refractivity contribution in [2.75, 3.05) is 0 Å². The Morgan fingerprint density at radius 2 is 0.741 bits per heavy atom. The van der Waals surface area contributed by atoms with E-state index in [9.17, 15) is 19.2 Å². The van der Waals surface area contributed by atoms with Crippen molar-refractivity contribution in [2.45, 2.75) is 65.5 Å². The first kappa shape index (κ1) is 36.9. The van der Waals surface area contributed by atoms with E-state index < -0.39 is 40.4 Å². The first-order valence-electron chi connectivity index (χ1n) is 7.25. The van der Waals surface area contributed by atoms with Gasteiger partial charge < -0.3 is 31.9 Å². The topological polar surface area (TPSA) is 197 Å². The zero-order chi connectivity index (χ0) is 23.0. The normalized spacial score (nSPS) is 8.52. The molecule has 0 heterocycles. The molecule has 13 heteroatoms. The Morgan fingerprint density at radius 1 is 0.667 bits per heavy atom. The summed E-state index contributed by atoms with van der Waals surface area (Å²) in [5.41, 5.74) is 13.2. The number of hydrogen-bond donors (Lipinski definition) is 4. The minimum absolute atomic E-state index is 0.0833. The molecule has 27 heavy (non-hydrogen) atoms. The zero-order valence-electron chi connectivity index (χ0n) is 15.5. The van der Waals surface area contributed by atoms with Crippen LogP contribution in [0.15, 0.2) is 0 Å². The third kappa shape index (κ3) is 162. The van der Waals surface area contributed by atoms with Crippen LogP contribution in [0.3, 0.4) is 0 Å². The second kappa shape index (κ2) is 29.8. The molecule has 0 aliphatic heterocycles. The second-order valence-electron chi connectivity index (χ2n) is 4.93. The molecule has 0 fully saturated rings. The van der Waals surface area contributed by atoms with Crippen molar-refractivity contribution in [3.63, 3.8) is 0 Å². The Hall–Kier alpha value is -0.932. The van der Waals surface area contributed by atoms with Crippen LogP contribution in [0.5, 0.6) is 0 Å². The molecular formula is C14H28Cl2N2O8Pt. The first-order chi connectivity index (χ1) is 12.1. The number of carboxylic acids is 4. The molecule has 0 aliphatic carbocycles. The number of halogens is 2. The molecule has 10 nitrogen and oxygen atoms in total. The SMILES string of the molecule is CC(C)[NH-].CC(C)[NH-].O=C(O)CCC(=O)O.O=C(O)CCC(=O)O.[Cl][Pt+2][Cl]. The molecule has 0 radical (unpaired) electrons. The van der Waals surface area contributed by atoms with Crippen molar-refractivity contribution < 1.29 is 56.1 Å². The summed E-state index contributed by atoms with van der Waals surface area (Å²) < 4.78 is 0. The second-order valence-corrected chi connectivity index (χ2v) is 8.21. The van der Waals surface area contributed by atoms with Crippen molar-refractivity contribution in [3.05, 3.63) is 11.5 Å². The fourth-order valence-corrected chi connectivity index (χ4v) is 0.428. The van der Waals surface area contributed by atoms with E-state index in [1.165, 1.54) is 0 Å². The van der Waals surface area contributed by atoms with Crippen LogP contribution in [0, 0.1) is 0 Å². The summed E-state index contributed by atoms with van der Waals surface area (Å²) in [7, 11) is 9.75. The Morgan fingerprint density at radius 3 is 0.778 bits per heavy atom. The van der Waals surface area contributed by atoms with Gasteiger partial charge in [-0.05, 0) is 0 Å². The van der Waals surface area contributed by atoms with E-state index in [0.29, 0.717) is 0 Å². The van der Waals surface area contributed by atoms with Gasteiger partial charge in [0.1, 0.15) is 0 Å². The molecule has 0 aromatic rings. The average molecular weight is 618 g/mol. The van der Waals surface area contributed by atoms with Gasteiger partial charge in [-0.3, -0.25) is 19.2 Å². The summed E-state index contributed by atoms with van der Waals surface area (Å²) in [6.07, 6.45) is -1.19. The minimum atomic E-state index is -1.08. The first-order valence-corrected chi connectivity index (χ1v) is 12.9. The summed E-state index contributed by atoms with van der Waals surface area (Å²) in [5, 5.41) is 31.6. The van der Waals surface area contributed by atoms with E-state index in [-0.39, 0.29) is 37.8 Å². The predicted molar refractivity (Wildman–Crippen MR) is 99.6 cm³/mol. The number of carboxylic acid groups (broad SMARTS) is 4. The van der Waals surface area contributed by atoms with Crippen LogP contribution in [0.1, 0.15) is 53.4 Å². The molecule has 166 valence electrons. The van der Waals surface area contributed by atoms with Gasteiger partial charge in [-0.25, -0.2) is 0 Å². The summed E-state index contributed by atoms with van der Waals surface area (Å²) in [4.78, 5) is 38.6. The predicted octanol–water partition coefficient (Wildman–Crippen LogP) is 4.14. The number of rotatable bonds is 6. The van der Waals surface area contributed by atoms with E-state index in [1.807, 2.05) is 27.7 Å². The van der Waals surface area contributed by atoms with Gasteiger partial charge in [0, 0.05) is 0 Å². The fraction of sp³-hybridized carbons (Fsp3) is 0.714. The van der Waals surface area contributed by atoms with Crippen molar-refractivity contribution in [1.29, 1.82) is 0 Å². The Kier molecular flexibility index (Phi) is 40.8. The quantitative estimate of drug-likeness (QED) is 0.341. The van der Waals surface area contributed by atoms with Crippen molar-refractivity contribution >= 4 is 42.7 Å². The van der Waals surface area contributed by atoms with E-state index in [1.54, 1.807) is 0 Å². The van der Waals surface area contributed by atoms with Crippen LogP contribution < -0.4 is 0 Å². The molecule has 0 atom stereocenters. The summed E-state index contributed by atoms with van der Waals surface area (Å²) >= 11 is -0.472. The van der Waals surface area contributed by atoms with E-state index in [2.05, 4.69) is 0 Å². The van der Waals surface area contributed by atoms with Gasteiger partial charge in [-0.1, -0.05) is 27.7 Å². The standard InChI is InChI=1S/2C4H6O4.2C3H8N.2ClH.Pt/c2*5-3(6)1-2-4(7)8;2*1-3(2)4;;;/h2*1-2H2,(H,5,6)(H,7,8);2*3-4H,1-2H3;2*1H;/q;;2*-1;;;+4/p-2. The molecule has 0 saturated carbocycles. The van der Waals surface area contributed by atoms with Gasteiger partial charge in [0.15, 0.2) is 0 Å². The van der Waals surface area contributed by atoms with Crippen LogP contribution >= 0.6 is 18.8 Å².